The van der Waals surface area contributed by atoms with Gasteiger partial charge in [0.05, 0.1) is 18.2 Å². The van der Waals surface area contributed by atoms with Crippen LogP contribution in [0.3, 0.4) is 0 Å². The molecule has 0 saturated carbocycles. The Hall–Kier alpha value is -2.73. The Morgan fingerprint density at radius 1 is 0.846 bits per heavy atom. The number of carbonyl (C=O) groups excluding carboxylic acids is 2. The van der Waals surface area contributed by atoms with E-state index in [1.807, 2.05) is 18.2 Å². The summed E-state index contributed by atoms with van der Waals surface area (Å²) in [4.78, 5) is 30.7. The fraction of sp³-hybridized carbons (Fsp3) is 0.300. The predicted octanol–water partition coefficient (Wildman–Crippen LogP) is 2.28. The number of hydrogen-bond donors (Lipinski definition) is 0. The Balaban J connectivity index is 1.45. The van der Waals surface area contributed by atoms with Crippen LogP contribution in [0.1, 0.15) is 6.42 Å². The Bertz CT molecular complexity index is 819. The van der Waals surface area contributed by atoms with Crippen LogP contribution in [0.25, 0.3) is 0 Å². The van der Waals surface area contributed by atoms with Gasteiger partial charge in [-0.05, 0) is 30.3 Å². The summed E-state index contributed by atoms with van der Waals surface area (Å²) < 4.78 is 13.5. The van der Waals surface area contributed by atoms with Gasteiger partial charge in [0.15, 0.2) is 0 Å². The topological polar surface area (TPSA) is 43.9 Å². The molecule has 26 heavy (non-hydrogen) atoms. The SMILES string of the molecule is O=C1C[C@@H](N2CCN(c3ccccc3)CC2)C(=O)N1c1cccc(F)c1. The summed E-state index contributed by atoms with van der Waals surface area (Å²) in [6, 6.07) is 15.3. The predicted molar refractivity (Wildman–Crippen MR) is 97.5 cm³/mol. The van der Waals surface area contributed by atoms with Crippen LogP contribution in [-0.4, -0.2) is 48.9 Å². The fourth-order valence-electron chi connectivity index (χ4n) is 3.72. The zero-order valence-electron chi connectivity index (χ0n) is 14.3. The molecule has 2 saturated heterocycles. The third-order valence-electron chi connectivity index (χ3n) is 5.07. The Morgan fingerprint density at radius 2 is 1.54 bits per heavy atom. The lowest BCUT2D eigenvalue weighted by Crippen LogP contribution is -2.52. The van der Waals surface area contributed by atoms with E-state index in [2.05, 4.69) is 21.9 Å². The molecule has 0 aliphatic carbocycles. The van der Waals surface area contributed by atoms with Crippen LogP contribution in [0.4, 0.5) is 15.8 Å². The highest BCUT2D eigenvalue weighted by Crippen LogP contribution is 2.27. The molecule has 0 radical (unpaired) electrons. The van der Waals surface area contributed by atoms with Gasteiger partial charge in [0.25, 0.3) is 5.91 Å². The first-order valence-electron chi connectivity index (χ1n) is 8.80. The lowest BCUT2D eigenvalue weighted by Gasteiger charge is -2.38. The number of imide groups is 1. The molecule has 0 N–H and O–H groups in total. The van der Waals surface area contributed by atoms with Gasteiger partial charge >= 0.3 is 0 Å². The van der Waals surface area contributed by atoms with E-state index in [0.29, 0.717) is 5.69 Å². The summed E-state index contributed by atoms with van der Waals surface area (Å²) in [5.74, 6) is -0.979. The zero-order valence-corrected chi connectivity index (χ0v) is 14.3. The number of benzene rings is 2. The van der Waals surface area contributed by atoms with Gasteiger partial charge in [0.2, 0.25) is 5.91 Å². The Kier molecular flexibility index (Phi) is 4.42. The highest BCUT2D eigenvalue weighted by Gasteiger charge is 2.43. The van der Waals surface area contributed by atoms with Crippen molar-refractivity contribution in [1.29, 1.82) is 0 Å². The molecule has 134 valence electrons. The molecular weight excluding hydrogens is 333 g/mol. The molecule has 4 rings (SSSR count). The molecule has 1 atom stereocenters. The molecule has 2 aliphatic heterocycles. The molecule has 2 fully saturated rings. The normalized spacial score (nSPS) is 21.5. The Morgan fingerprint density at radius 3 is 2.23 bits per heavy atom. The van der Waals surface area contributed by atoms with Gasteiger partial charge in [-0.2, -0.15) is 0 Å². The van der Waals surface area contributed by atoms with E-state index in [-0.39, 0.29) is 18.2 Å². The summed E-state index contributed by atoms with van der Waals surface area (Å²) in [5.41, 5.74) is 1.48. The van der Waals surface area contributed by atoms with Gasteiger partial charge in [0.1, 0.15) is 5.82 Å². The van der Waals surface area contributed by atoms with Crippen LogP contribution in [0.5, 0.6) is 0 Å². The number of piperazine rings is 1. The molecule has 2 aromatic carbocycles. The van der Waals surface area contributed by atoms with Crippen molar-refractivity contribution in [2.24, 2.45) is 0 Å². The minimum atomic E-state index is -0.456. The largest absolute Gasteiger partial charge is 0.369 e. The van der Waals surface area contributed by atoms with Gasteiger partial charge in [-0.15, -0.1) is 0 Å². The number of carbonyl (C=O) groups is 2. The molecule has 2 heterocycles. The number of anilines is 2. The number of amides is 2. The summed E-state index contributed by atoms with van der Waals surface area (Å²) in [5, 5.41) is 0. The van der Waals surface area contributed by atoms with E-state index in [1.54, 1.807) is 6.07 Å². The van der Waals surface area contributed by atoms with Gasteiger partial charge in [-0.25, -0.2) is 9.29 Å². The van der Waals surface area contributed by atoms with E-state index in [4.69, 9.17) is 0 Å². The highest BCUT2D eigenvalue weighted by molar-refractivity contribution is 6.22. The van der Waals surface area contributed by atoms with E-state index in [0.717, 1.165) is 31.1 Å². The fourth-order valence-corrected chi connectivity index (χ4v) is 3.72. The van der Waals surface area contributed by atoms with E-state index < -0.39 is 11.9 Å². The van der Waals surface area contributed by atoms with Crippen molar-refractivity contribution in [1.82, 2.24) is 4.90 Å². The molecule has 2 aromatic rings. The van der Waals surface area contributed by atoms with Crippen molar-refractivity contribution in [2.75, 3.05) is 36.0 Å². The zero-order chi connectivity index (χ0) is 18.1. The van der Waals surface area contributed by atoms with Crippen LogP contribution in [0.15, 0.2) is 54.6 Å². The maximum Gasteiger partial charge on any atom is 0.251 e. The maximum absolute atomic E-state index is 13.5. The summed E-state index contributed by atoms with van der Waals surface area (Å²) in [6.45, 7) is 3.05. The monoisotopic (exact) mass is 353 g/mol. The van der Waals surface area contributed by atoms with Crippen LogP contribution >= 0.6 is 0 Å². The van der Waals surface area contributed by atoms with E-state index >= 15 is 0 Å². The lowest BCUT2D eigenvalue weighted by atomic mass is 10.1. The standard InChI is InChI=1S/C20H20FN3O2/c21-15-5-4-8-17(13-15)24-19(25)14-18(20(24)26)23-11-9-22(10-12-23)16-6-2-1-3-7-16/h1-8,13,18H,9-12,14H2/t18-/m1/s1. The van der Waals surface area contributed by atoms with Crippen LogP contribution < -0.4 is 9.80 Å². The molecule has 6 heteroatoms. The van der Waals surface area contributed by atoms with Gasteiger partial charge in [-0.1, -0.05) is 24.3 Å². The molecule has 0 spiro atoms. The number of para-hydroxylation sites is 1. The summed E-state index contributed by atoms with van der Waals surface area (Å²) in [7, 11) is 0. The number of nitrogens with zero attached hydrogens (tertiary/aromatic N) is 3. The first-order chi connectivity index (χ1) is 12.6. The van der Waals surface area contributed by atoms with Gasteiger partial charge in [-0.3, -0.25) is 14.5 Å². The van der Waals surface area contributed by atoms with Crippen LogP contribution in [0, 0.1) is 5.82 Å². The second-order valence-corrected chi connectivity index (χ2v) is 6.63. The first kappa shape index (κ1) is 16.7. The van der Waals surface area contributed by atoms with Crippen LogP contribution in [0.2, 0.25) is 0 Å². The van der Waals surface area contributed by atoms with Crippen molar-refractivity contribution in [2.45, 2.75) is 12.5 Å². The molecule has 0 unspecified atom stereocenters. The van der Waals surface area contributed by atoms with Gasteiger partial charge in [0, 0.05) is 31.9 Å². The average Bonchev–Trinajstić information content (AvgIpc) is 2.97. The van der Waals surface area contributed by atoms with Crippen molar-refractivity contribution in [3.05, 3.63) is 60.4 Å². The van der Waals surface area contributed by atoms with Crippen molar-refractivity contribution in [3.63, 3.8) is 0 Å². The maximum atomic E-state index is 13.5. The minimum absolute atomic E-state index is 0.153. The Labute approximate surface area is 151 Å². The summed E-state index contributed by atoms with van der Waals surface area (Å²) >= 11 is 0. The first-order valence-corrected chi connectivity index (χ1v) is 8.80. The molecule has 0 aromatic heterocycles. The molecular formula is C20H20FN3O2. The van der Waals surface area contributed by atoms with Crippen molar-refractivity contribution in [3.8, 4) is 0 Å². The third kappa shape index (κ3) is 3.08. The second-order valence-electron chi connectivity index (χ2n) is 6.63. The molecule has 0 bridgehead atoms. The molecule has 2 aliphatic rings. The average molecular weight is 353 g/mol. The minimum Gasteiger partial charge on any atom is -0.369 e. The van der Waals surface area contributed by atoms with Gasteiger partial charge < -0.3 is 4.90 Å². The second kappa shape index (κ2) is 6.88. The highest BCUT2D eigenvalue weighted by atomic mass is 19.1. The number of rotatable bonds is 3. The van der Waals surface area contributed by atoms with E-state index in [9.17, 15) is 14.0 Å². The molecule has 2 amide bonds. The third-order valence-corrected chi connectivity index (χ3v) is 5.07. The smallest absolute Gasteiger partial charge is 0.251 e. The van der Waals surface area contributed by atoms with E-state index in [1.165, 1.54) is 23.9 Å². The molecule has 5 nitrogen and oxygen atoms in total. The number of hydrogen-bond acceptors (Lipinski definition) is 4. The lowest BCUT2D eigenvalue weighted by molar-refractivity contribution is -0.123. The quantitative estimate of drug-likeness (QED) is 0.794. The summed E-state index contributed by atoms with van der Waals surface area (Å²) in [6.07, 6.45) is 0.153. The van der Waals surface area contributed by atoms with Crippen molar-refractivity contribution >= 4 is 23.2 Å². The van der Waals surface area contributed by atoms with Crippen molar-refractivity contribution < 1.29 is 14.0 Å². The van der Waals surface area contributed by atoms with Crippen LogP contribution in [-0.2, 0) is 9.59 Å². The number of halogens is 1.